The van der Waals surface area contributed by atoms with Crippen molar-refractivity contribution in [3.05, 3.63) is 29.6 Å². The number of nitrogens with one attached hydrogen (secondary N) is 2. The SMILES string of the molecule is CCC(NC(=O)c1ccc(F)c(NC(C)=O)c1)C(=O)O. The maximum atomic E-state index is 13.4. The summed E-state index contributed by atoms with van der Waals surface area (Å²) >= 11 is 0. The third kappa shape index (κ3) is 4.04. The Kier molecular flexibility index (Phi) is 5.19. The van der Waals surface area contributed by atoms with Gasteiger partial charge in [-0.25, -0.2) is 9.18 Å². The van der Waals surface area contributed by atoms with Crippen LogP contribution in [0.2, 0.25) is 0 Å². The highest BCUT2D eigenvalue weighted by Gasteiger charge is 2.19. The van der Waals surface area contributed by atoms with Crippen LogP contribution in [0.4, 0.5) is 10.1 Å². The number of carbonyl (C=O) groups is 3. The van der Waals surface area contributed by atoms with Gasteiger partial charge in [-0.15, -0.1) is 0 Å². The zero-order valence-corrected chi connectivity index (χ0v) is 11.1. The Morgan fingerprint density at radius 2 is 2.00 bits per heavy atom. The summed E-state index contributed by atoms with van der Waals surface area (Å²) < 4.78 is 13.4. The van der Waals surface area contributed by atoms with Crippen molar-refractivity contribution in [1.82, 2.24) is 5.32 Å². The summed E-state index contributed by atoms with van der Waals surface area (Å²) in [5.74, 6) is -2.95. The smallest absolute Gasteiger partial charge is 0.326 e. The quantitative estimate of drug-likeness (QED) is 0.760. The Balaban J connectivity index is 2.93. The van der Waals surface area contributed by atoms with E-state index in [1.807, 2.05) is 0 Å². The highest BCUT2D eigenvalue weighted by Crippen LogP contribution is 2.16. The molecule has 1 unspecified atom stereocenters. The molecule has 0 aliphatic heterocycles. The molecule has 0 aliphatic carbocycles. The number of carboxylic acids is 1. The molecule has 0 spiro atoms. The van der Waals surface area contributed by atoms with Crippen LogP contribution in [0.3, 0.4) is 0 Å². The number of carbonyl (C=O) groups excluding carboxylic acids is 2. The van der Waals surface area contributed by atoms with E-state index in [1.165, 1.54) is 13.0 Å². The van der Waals surface area contributed by atoms with Crippen molar-refractivity contribution >= 4 is 23.5 Å². The van der Waals surface area contributed by atoms with Crippen molar-refractivity contribution in [3.63, 3.8) is 0 Å². The van der Waals surface area contributed by atoms with E-state index in [1.54, 1.807) is 6.92 Å². The molecule has 0 saturated heterocycles. The standard InChI is InChI=1S/C13H15FN2O4/c1-3-10(13(19)20)16-12(18)8-4-5-9(14)11(6-8)15-7(2)17/h4-6,10H,3H2,1-2H3,(H,15,17)(H,16,18)(H,19,20). The summed E-state index contributed by atoms with van der Waals surface area (Å²) in [5.41, 5.74) is -0.0663. The van der Waals surface area contributed by atoms with Crippen LogP contribution in [0, 0.1) is 5.82 Å². The summed E-state index contributed by atoms with van der Waals surface area (Å²) in [6.07, 6.45) is 0.223. The van der Waals surface area contributed by atoms with Crippen molar-refractivity contribution in [2.24, 2.45) is 0 Å². The fraction of sp³-hybridized carbons (Fsp3) is 0.308. The molecular weight excluding hydrogens is 267 g/mol. The summed E-state index contributed by atoms with van der Waals surface area (Å²) in [6, 6.07) is 2.38. The third-order valence-corrected chi connectivity index (χ3v) is 2.55. The van der Waals surface area contributed by atoms with E-state index in [9.17, 15) is 18.8 Å². The van der Waals surface area contributed by atoms with Gasteiger partial charge in [0.1, 0.15) is 11.9 Å². The molecule has 20 heavy (non-hydrogen) atoms. The Labute approximate surface area is 115 Å². The zero-order chi connectivity index (χ0) is 15.3. The second-order valence-corrected chi connectivity index (χ2v) is 4.15. The minimum atomic E-state index is -1.15. The molecule has 2 amide bonds. The molecule has 0 heterocycles. The van der Waals surface area contributed by atoms with E-state index in [2.05, 4.69) is 10.6 Å². The van der Waals surface area contributed by atoms with Crippen molar-refractivity contribution in [2.75, 3.05) is 5.32 Å². The number of hydrogen-bond acceptors (Lipinski definition) is 3. The van der Waals surface area contributed by atoms with Gasteiger partial charge in [0.05, 0.1) is 5.69 Å². The van der Waals surface area contributed by atoms with E-state index in [4.69, 9.17) is 5.11 Å². The van der Waals surface area contributed by atoms with E-state index in [-0.39, 0.29) is 17.7 Å². The van der Waals surface area contributed by atoms with Gasteiger partial charge in [0, 0.05) is 12.5 Å². The van der Waals surface area contributed by atoms with E-state index >= 15 is 0 Å². The number of halogens is 1. The van der Waals surface area contributed by atoms with E-state index < -0.39 is 29.6 Å². The van der Waals surface area contributed by atoms with Gasteiger partial charge >= 0.3 is 5.97 Å². The van der Waals surface area contributed by atoms with E-state index in [0.717, 1.165) is 12.1 Å². The molecule has 0 fully saturated rings. The van der Waals surface area contributed by atoms with Crippen LogP contribution < -0.4 is 10.6 Å². The molecule has 0 saturated carbocycles. The molecule has 7 heteroatoms. The zero-order valence-electron chi connectivity index (χ0n) is 11.1. The number of rotatable bonds is 5. The Morgan fingerprint density at radius 3 is 2.50 bits per heavy atom. The van der Waals surface area contributed by atoms with Crippen LogP contribution in [-0.4, -0.2) is 28.9 Å². The van der Waals surface area contributed by atoms with Gasteiger partial charge in [0.25, 0.3) is 5.91 Å². The predicted octanol–water partition coefficient (Wildman–Crippen LogP) is 1.38. The highest BCUT2D eigenvalue weighted by atomic mass is 19.1. The minimum absolute atomic E-state index is 0.0647. The number of hydrogen-bond donors (Lipinski definition) is 3. The largest absolute Gasteiger partial charge is 0.480 e. The van der Waals surface area contributed by atoms with Gasteiger partial charge in [-0.05, 0) is 24.6 Å². The summed E-state index contributed by atoms with van der Waals surface area (Å²) in [5, 5.41) is 13.4. The molecule has 1 aromatic carbocycles. The van der Waals surface area contributed by atoms with Crippen molar-refractivity contribution in [3.8, 4) is 0 Å². The Bertz CT molecular complexity index is 545. The number of carboxylic acid groups (broad SMARTS) is 1. The maximum absolute atomic E-state index is 13.4. The normalized spacial score (nSPS) is 11.6. The van der Waals surface area contributed by atoms with Gasteiger partial charge in [-0.1, -0.05) is 6.92 Å². The summed E-state index contributed by atoms with van der Waals surface area (Å²) in [6.45, 7) is 2.83. The number of aliphatic carboxylic acids is 1. The van der Waals surface area contributed by atoms with Gasteiger partial charge in [0.2, 0.25) is 5.91 Å². The second-order valence-electron chi connectivity index (χ2n) is 4.15. The van der Waals surface area contributed by atoms with E-state index in [0.29, 0.717) is 0 Å². The monoisotopic (exact) mass is 282 g/mol. The first-order valence-corrected chi connectivity index (χ1v) is 5.96. The van der Waals surface area contributed by atoms with Crippen LogP contribution in [0.15, 0.2) is 18.2 Å². The van der Waals surface area contributed by atoms with Gasteiger partial charge < -0.3 is 15.7 Å². The lowest BCUT2D eigenvalue weighted by Crippen LogP contribution is -2.40. The highest BCUT2D eigenvalue weighted by molar-refractivity contribution is 5.98. The predicted molar refractivity (Wildman–Crippen MR) is 69.9 cm³/mol. The molecular formula is C13H15FN2O4. The first-order chi connectivity index (χ1) is 9.35. The third-order valence-electron chi connectivity index (χ3n) is 2.55. The van der Waals surface area contributed by atoms with Gasteiger partial charge in [-0.3, -0.25) is 9.59 Å². The molecule has 3 N–H and O–H groups in total. The number of anilines is 1. The lowest BCUT2D eigenvalue weighted by Gasteiger charge is -2.13. The second kappa shape index (κ2) is 6.65. The fourth-order valence-electron chi connectivity index (χ4n) is 1.53. The summed E-state index contributed by atoms with van der Waals surface area (Å²) in [7, 11) is 0. The lowest BCUT2D eigenvalue weighted by atomic mass is 10.1. The Hall–Kier alpha value is -2.44. The molecule has 0 aliphatic rings. The van der Waals surface area contributed by atoms with Gasteiger partial charge in [-0.2, -0.15) is 0 Å². The van der Waals surface area contributed by atoms with Crippen molar-refractivity contribution < 1.29 is 23.9 Å². The lowest BCUT2D eigenvalue weighted by molar-refractivity contribution is -0.139. The molecule has 6 nitrogen and oxygen atoms in total. The first-order valence-electron chi connectivity index (χ1n) is 5.96. The molecule has 1 atom stereocenters. The van der Waals surface area contributed by atoms with Crippen LogP contribution >= 0.6 is 0 Å². The van der Waals surface area contributed by atoms with Gasteiger partial charge in [0.15, 0.2) is 0 Å². The number of amides is 2. The van der Waals surface area contributed by atoms with Crippen molar-refractivity contribution in [2.45, 2.75) is 26.3 Å². The molecule has 0 aromatic heterocycles. The fourth-order valence-corrected chi connectivity index (χ4v) is 1.53. The maximum Gasteiger partial charge on any atom is 0.326 e. The molecule has 1 rings (SSSR count). The topological polar surface area (TPSA) is 95.5 Å². The minimum Gasteiger partial charge on any atom is -0.480 e. The summed E-state index contributed by atoms with van der Waals surface area (Å²) in [4.78, 5) is 33.6. The molecule has 108 valence electrons. The molecule has 1 aromatic rings. The molecule has 0 radical (unpaired) electrons. The van der Waals surface area contributed by atoms with Crippen molar-refractivity contribution in [1.29, 1.82) is 0 Å². The average molecular weight is 282 g/mol. The van der Waals surface area contributed by atoms with Crippen LogP contribution in [-0.2, 0) is 9.59 Å². The van der Waals surface area contributed by atoms with Crippen LogP contribution in [0.25, 0.3) is 0 Å². The Morgan fingerprint density at radius 1 is 1.35 bits per heavy atom. The average Bonchev–Trinajstić information content (AvgIpc) is 2.37. The molecule has 0 bridgehead atoms. The number of benzene rings is 1. The first kappa shape index (κ1) is 15.6. The van der Waals surface area contributed by atoms with Crippen LogP contribution in [0.5, 0.6) is 0 Å². The van der Waals surface area contributed by atoms with Crippen LogP contribution in [0.1, 0.15) is 30.6 Å².